The number of carbonyl (C=O) groups is 1. The molecule has 22 heavy (non-hydrogen) atoms. The highest BCUT2D eigenvalue weighted by Gasteiger charge is 2.21. The van der Waals surface area contributed by atoms with Crippen LogP contribution in [0.5, 0.6) is 0 Å². The molecule has 3 unspecified atom stereocenters. The van der Waals surface area contributed by atoms with Crippen molar-refractivity contribution in [2.45, 2.75) is 45.7 Å². The van der Waals surface area contributed by atoms with Crippen LogP contribution in [0.25, 0.3) is 10.2 Å². The van der Waals surface area contributed by atoms with Gasteiger partial charge in [0.05, 0.1) is 21.3 Å². The Labute approximate surface area is 141 Å². The predicted octanol–water partition coefficient (Wildman–Crippen LogP) is 3.14. The summed E-state index contributed by atoms with van der Waals surface area (Å²) in [6.07, 6.45) is 1.64. The Morgan fingerprint density at radius 2 is 2.05 bits per heavy atom. The Balaban J connectivity index is 0.00000242. The van der Waals surface area contributed by atoms with Crippen LogP contribution in [-0.2, 0) is 11.2 Å². The first-order chi connectivity index (χ1) is 10.0. The maximum absolute atomic E-state index is 12.1. The summed E-state index contributed by atoms with van der Waals surface area (Å²) in [4.78, 5) is 16.7. The van der Waals surface area contributed by atoms with Gasteiger partial charge in [-0.2, -0.15) is 0 Å². The topological polar surface area (TPSA) is 68.0 Å². The minimum absolute atomic E-state index is 0. The molecule has 2 aromatic rings. The van der Waals surface area contributed by atoms with Gasteiger partial charge >= 0.3 is 0 Å². The van der Waals surface area contributed by atoms with E-state index in [0.29, 0.717) is 0 Å². The molecule has 0 saturated carbocycles. The second-order valence-corrected chi connectivity index (χ2v) is 6.72. The van der Waals surface area contributed by atoms with Crippen molar-refractivity contribution >= 4 is 39.9 Å². The Hall–Kier alpha value is -1.17. The van der Waals surface area contributed by atoms with E-state index < -0.39 is 6.04 Å². The third-order valence-corrected chi connectivity index (χ3v) is 4.83. The van der Waals surface area contributed by atoms with Crippen LogP contribution in [0.4, 0.5) is 0 Å². The Morgan fingerprint density at radius 3 is 2.68 bits per heavy atom. The van der Waals surface area contributed by atoms with E-state index in [1.807, 2.05) is 39.0 Å². The number of thiazole rings is 1. The van der Waals surface area contributed by atoms with Crippen molar-refractivity contribution in [1.29, 1.82) is 0 Å². The van der Waals surface area contributed by atoms with Crippen LogP contribution in [0, 0.1) is 5.92 Å². The molecule has 0 aliphatic rings. The monoisotopic (exact) mass is 341 g/mol. The van der Waals surface area contributed by atoms with Crippen LogP contribution in [-0.4, -0.2) is 23.0 Å². The lowest BCUT2D eigenvalue weighted by atomic mass is 9.99. The number of aromatic nitrogens is 1. The second kappa shape index (κ2) is 8.46. The lowest BCUT2D eigenvalue weighted by molar-refractivity contribution is -0.124. The summed E-state index contributed by atoms with van der Waals surface area (Å²) in [6.45, 7) is 6.04. The number of carbonyl (C=O) groups excluding carboxylic acids is 1. The van der Waals surface area contributed by atoms with Gasteiger partial charge in [-0.25, -0.2) is 4.98 Å². The van der Waals surface area contributed by atoms with E-state index in [1.165, 1.54) is 4.70 Å². The Morgan fingerprint density at radius 1 is 1.36 bits per heavy atom. The summed E-state index contributed by atoms with van der Waals surface area (Å²) in [5, 5.41) is 4.03. The normalized spacial score (nSPS) is 14.9. The van der Waals surface area contributed by atoms with Crippen molar-refractivity contribution in [3.05, 3.63) is 29.3 Å². The van der Waals surface area contributed by atoms with E-state index >= 15 is 0 Å². The van der Waals surface area contributed by atoms with Gasteiger partial charge in [-0.1, -0.05) is 32.4 Å². The number of nitrogens with one attached hydrogen (secondary N) is 1. The van der Waals surface area contributed by atoms with Crippen LogP contribution >= 0.6 is 23.7 Å². The van der Waals surface area contributed by atoms with Crippen molar-refractivity contribution in [2.75, 3.05) is 0 Å². The van der Waals surface area contributed by atoms with Crippen LogP contribution in [0.1, 0.15) is 32.2 Å². The number of amides is 1. The fourth-order valence-corrected chi connectivity index (χ4v) is 3.27. The molecule has 122 valence electrons. The molecule has 0 radical (unpaired) electrons. The number of para-hydroxylation sites is 1. The van der Waals surface area contributed by atoms with Gasteiger partial charge in [0, 0.05) is 12.5 Å². The van der Waals surface area contributed by atoms with Gasteiger partial charge in [0.15, 0.2) is 0 Å². The third-order valence-electron chi connectivity index (χ3n) is 3.77. The van der Waals surface area contributed by atoms with Crippen molar-refractivity contribution in [2.24, 2.45) is 11.7 Å². The van der Waals surface area contributed by atoms with Crippen molar-refractivity contribution in [3.63, 3.8) is 0 Å². The number of halogens is 1. The highest BCUT2D eigenvalue weighted by atomic mass is 35.5. The SMILES string of the molecule is CCC(C)C(N)C(=O)NC(C)Cc1nc2ccccc2s1.Cl. The standard InChI is InChI=1S/C16H23N3OS.ClH/c1-4-10(2)15(17)16(20)18-11(3)9-14-19-12-7-5-6-8-13(12)21-14;/h5-8,10-11,15H,4,9,17H2,1-3H3,(H,18,20);1H. The van der Waals surface area contributed by atoms with Gasteiger partial charge < -0.3 is 11.1 Å². The zero-order chi connectivity index (χ0) is 15.4. The highest BCUT2D eigenvalue weighted by Crippen LogP contribution is 2.22. The number of benzene rings is 1. The van der Waals surface area contributed by atoms with Crippen LogP contribution < -0.4 is 11.1 Å². The number of nitrogens with two attached hydrogens (primary N) is 1. The number of hydrogen-bond donors (Lipinski definition) is 2. The van der Waals surface area contributed by atoms with Crippen molar-refractivity contribution in [3.8, 4) is 0 Å². The molecule has 0 saturated heterocycles. The molecule has 0 spiro atoms. The zero-order valence-electron chi connectivity index (χ0n) is 13.2. The van der Waals surface area contributed by atoms with E-state index in [2.05, 4.69) is 16.4 Å². The van der Waals surface area contributed by atoms with Gasteiger partial charge in [-0.3, -0.25) is 4.79 Å². The molecule has 0 aliphatic heterocycles. The Bertz CT molecular complexity index is 583. The summed E-state index contributed by atoms with van der Waals surface area (Å²) in [5.41, 5.74) is 6.97. The minimum Gasteiger partial charge on any atom is -0.352 e. The van der Waals surface area contributed by atoms with E-state index in [4.69, 9.17) is 5.73 Å². The largest absolute Gasteiger partial charge is 0.352 e. The van der Waals surface area contributed by atoms with E-state index in [0.717, 1.165) is 23.4 Å². The van der Waals surface area contributed by atoms with Gasteiger partial charge in [0.1, 0.15) is 0 Å². The molecule has 2 rings (SSSR count). The summed E-state index contributed by atoms with van der Waals surface area (Å²) >= 11 is 1.68. The third kappa shape index (κ3) is 4.66. The van der Waals surface area contributed by atoms with Gasteiger partial charge in [0.25, 0.3) is 0 Å². The minimum atomic E-state index is -0.437. The average Bonchev–Trinajstić information content (AvgIpc) is 2.87. The molecule has 3 atom stereocenters. The molecular formula is C16H24ClN3OS. The Kier molecular flexibility index (Phi) is 7.26. The first kappa shape index (κ1) is 18.9. The summed E-state index contributed by atoms with van der Waals surface area (Å²) < 4.78 is 1.18. The molecule has 0 aliphatic carbocycles. The molecule has 6 heteroatoms. The molecule has 3 N–H and O–H groups in total. The van der Waals surface area contributed by atoms with E-state index in [9.17, 15) is 4.79 Å². The molecule has 1 aromatic carbocycles. The molecule has 0 fully saturated rings. The second-order valence-electron chi connectivity index (χ2n) is 5.60. The number of hydrogen-bond acceptors (Lipinski definition) is 4. The predicted molar refractivity (Wildman–Crippen MR) is 95.6 cm³/mol. The van der Waals surface area contributed by atoms with Crippen molar-refractivity contribution in [1.82, 2.24) is 10.3 Å². The quantitative estimate of drug-likeness (QED) is 0.848. The fourth-order valence-electron chi connectivity index (χ4n) is 2.17. The fraction of sp³-hybridized carbons (Fsp3) is 0.500. The van der Waals surface area contributed by atoms with E-state index in [1.54, 1.807) is 11.3 Å². The maximum Gasteiger partial charge on any atom is 0.237 e. The number of nitrogens with zero attached hydrogens (tertiary/aromatic N) is 1. The van der Waals surface area contributed by atoms with Gasteiger partial charge in [-0.15, -0.1) is 23.7 Å². The molecule has 0 bridgehead atoms. The van der Waals surface area contributed by atoms with Crippen molar-refractivity contribution < 1.29 is 4.79 Å². The zero-order valence-corrected chi connectivity index (χ0v) is 14.8. The summed E-state index contributed by atoms with van der Waals surface area (Å²) in [7, 11) is 0. The maximum atomic E-state index is 12.1. The highest BCUT2D eigenvalue weighted by molar-refractivity contribution is 7.18. The number of fused-ring (bicyclic) bond motifs is 1. The molecule has 4 nitrogen and oxygen atoms in total. The average molecular weight is 342 g/mol. The van der Waals surface area contributed by atoms with Gasteiger partial charge in [0.2, 0.25) is 5.91 Å². The molecular weight excluding hydrogens is 318 g/mol. The summed E-state index contributed by atoms with van der Waals surface area (Å²) in [5.74, 6) is 0.123. The lowest BCUT2D eigenvalue weighted by Gasteiger charge is -2.20. The lowest BCUT2D eigenvalue weighted by Crippen LogP contribution is -2.48. The summed E-state index contributed by atoms with van der Waals surface area (Å²) in [6, 6.07) is 7.68. The number of rotatable bonds is 6. The first-order valence-corrected chi connectivity index (χ1v) is 8.23. The first-order valence-electron chi connectivity index (χ1n) is 7.41. The molecule has 1 amide bonds. The van der Waals surface area contributed by atoms with Crippen LogP contribution in [0.15, 0.2) is 24.3 Å². The van der Waals surface area contributed by atoms with Gasteiger partial charge in [-0.05, 0) is 25.0 Å². The van der Waals surface area contributed by atoms with Crippen LogP contribution in [0.2, 0.25) is 0 Å². The van der Waals surface area contributed by atoms with Crippen LogP contribution in [0.3, 0.4) is 0 Å². The molecule has 1 aromatic heterocycles. The smallest absolute Gasteiger partial charge is 0.237 e. The van der Waals surface area contributed by atoms with E-state index in [-0.39, 0.29) is 30.3 Å². The molecule has 1 heterocycles.